The molecule has 1 aromatic heterocycles. The van der Waals surface area contributed by atoms with E-state index in [2.05, 4.69) is 32.9 Å². The van der Waals surface area contributed by atoms with Gasteiger partial charge in [-0.15, -0.1) is 0 Å². The first-order valence-corrected chi connectivity index (χ1v) is 7.01. The Morgan fingerprint density at radius 3 is 2.50 bits per heavy atom. The van der Waals surface area contributed by atoms with E-state index in [4.69, 9.17) is 5.11 Å². The van der Waals surface area contributed by atoms with E-state index in [9.17, 15) is 9.59 Å². The van der Waals surface area contributed by atoms with Gasteiger partial charge in [-0.05, 0) is 54.3 Å². The van der Waals surface area contributed by atoms with Gasteiger partial charge in [0.25, 0.3) is 5.91 Å². The third-order valence-electron chi connectivity index (χ3n) is 3.30. The average molecular weight is 362 g/mol. The number of carbonyl (C=O) groups is 2. The molecule has 3 N–H and O–H groups in total. The van der Waals surface area contributed by atoms with Gasteiger partial charge < -0.3 is 15.4 Å². The van der Waals surface area contributed by atoms with Gasteiger partial charge >= 0.3 is 5.97 Å². The molecule has 1 aromatic rings. The van der Waals surface area contributed by atoms with Crippen molar-refractivity contribution in [3.63, 3.8) is 0 Å². The molecule has 1 aliphatic carbocycles. The molecular formula is C12H15IN2O3. The molecule has 1 amide bonds. The van der Waals surface area contributed by atoms with Crippen LogP contribution in [0.15, 0.2) is 12.3 Å². The van der Waals surface area contributed by atoms with Crippen LogP contribution in [-0.2, 0) is 4.79 Å². The Balaban J connectivity index is 1.85. The maximum absolute atomic E-state index is 11.9. The number of aromatic nitrogens is 1. The van der Waals surface area contributed by atoms with Crippen molar-refractivity contribution in [2.24, 2.45) is 5.92 Å². The highest BCUT2D eigenvalue weighted by molar-refractivity contribution is 14.1. The number of hydrogen-bond acceptors (Lipinski definition) is 2. The van der Waals surface area contributed by atoms with Gasteiger partial charge in [0.1, 0.15) is 5.69 Å². The Morgan fingerprint density at radius 1 is 1.33 bits per heavy atom. The zero-order valence-electron chi connectivity index (χ0n) is 9.78. The van der Waals surface area contributed by atoms with Gasteiger partial charge in [-0.1, -0.05) is 0 Å². The summed E-state index contributed by atoms with van der Waals surface area (Å²) >= 11 is 2.14. The minimum absolute atomic E-state index is 0.0917. The minimum atomic E-state index is -0.723. The first kappa shape index (κ1) is 13.4. The maximum atomic E-state index is 11.9. The maximum Gasteiger partial charge on any atom is 0.306 e. The number of carboxylic acid groups (broad SMARTS) is 1. The van der Waals surface area contributed by atoms with Gasteiger partial charge in [0, 0.05) is 15.8 Å². The first-order valence-electron chi connectivity index (χ1n) is 5.94. The molecular weight excluding hydrogens is 347 g/mol. The molecule has 98 valence electrons. The van der Waals surface area contributed by atoms with E-state index >= 15 is 0 Å². The molecule has 0 spiro atoms. The van der Waals surface area contributed by atoms with Crippen LogP contribution in [0.1, 0.15) is 36.2 Å². The molecule has 0 atom stereocenters. The molecule has 0 aliphatic heterocycles. The van der Waals surface area contributed by atoms with Gasteiger partial charge in [-0.3, -0.25) is 9.59 Å². The van der Waals surface area contributed by atoms with Crippen LogP contribution in [0, 0.1) is 9.49 Å². The lowest BCUT2D eigenvalue weighted by Crippen LogP contribution is -2.38. The molecule has 0 saturated heterocycles. The second-order valence-electron chi connectivity index (χ2n) is 4.59. The molecule has 6 heteroatoms. The van der Waals surface area contributed by atoms with Crippen LogP contribution >= 0.6 is 22.6 Å². The Morgan fingerprint density at radius 2 is 2.00 bits per heavy atom. The van der Waals surface area contributed by atoms with Crippen molar-refractivity contribution in [1.29, 1.82) is 0 Å². The molecule has 1 aliphatic rings. The number of carboxylic acids is 1. The third kappa shape index (κ3) is 3.24. The van der Waals surface area contributed by atoms with Gasteiger partial charge in [0.2, 0.25) is 0 Å². The van der Waals surface area contributed by atoms with Crippen molar-refractivity contribution < 1.29 is 14.7 Å². The highest BCUT2D eigenvalue weighted by Gasteiger charge is 2.26. The van der Waals surface area contributed by atoms with Crippen LogP contribution in [0.3, 0.4) is 0 Å². The summed E-state index contributed by atoms with van der Waals surface area (Å²) in [6.07, 6.45) is 4.53. The van der Waals surface area contributed by atoms with Crippen LogP contribution in [0.5, 0.6) is 0 Å². The quantitative estimate of drug-likeness (QED) is 0.720. The molecule has 1 fully saturated rings. The molecule has 0 radical (unpaired) electrons. The normalized spacial score (nSPS) is 23.6. The van der Waals surface area contributed by atoms with Crippen LogP contribution in [0.4, 0.5) is 0 Å². The number of aromatic amines is 1. The predicted molar refractivity (Wildman–Crippen MR) is 74.4 cm³/mol. The molecule has 18 heavy (non-hydrogen) atoms. The summed E-state index contributed by atoms with van der Waals surface area (Å²) in [5.41, 5.74) is 0.555. The largest absolute Gasteiger partial charge is 0.481 e. The Labute approximate surface area is 118 Å². The lowest BCUT2D eigenvalue weighted by molar-refractivity contribution is -0.142. The number of carbonyl (C=O) groups excluding carboxylic acids is 1. The highest BCUT2D eigenvalue weighted by Crippen LogP contribution is 2.24. The number of amides is 1. The number of H-pyrrole nitrogens is 1. The molecule has 0 bridgehead atoms. The van der Waals surface area contributed by atoms with E-state index in [0.29, 0.717) is 18.5 Å². The van der Waals surface area contributed by atoms with E-state index in [1.54, 1.807) is 12.3 Å². The van der Waals surface area contributed by atoms with Gasteiger partial charge in [0.05, 0.1) is 5.92 Å². The number of rotatable bonds is 3. The minimum Gasteiger partial charge on any atom is -0.481 e. The molecule has 1 heterocycles. The van der Waals surface area contributed by atoms with Crippen LogP contribution in [-0.4, -0.2) is 28.0 Å². The number of nitrogens with one attached hydrogen (secondary N) is 2. The SMILES string of the molecule is O=C(NC1CCC(C(=O)O)CC1)c1cc(I)c[nH]1. The molecule has 0 aromatic carbocycles. The van der Waals surface area contributed by atoms with E-state index in [1.165, 1.54) is 0 Å². The fourth-order valence-electron chi connectivity index (χ4n) is 2.25. The molecule has 0 unspecified atom stereocenters. The summed E-state index contributed by atoms with van der Waals surface area (Å²) in [6, 6.07) is 1.88. The smallest absolute Gasteiger partial charge is 0.306 e. The summed E-state index contributed by atoms with van der Waals surface area (Å²) in [7, 11) is 0. The van der Waals surface area contributed by atoms with Gasteiger partial charge in [0.15, 0.2) is 0 Å². The predicted octanol–water partition coefficient (Wildman–Crippen LogP) is 1.99. The van der Waals surface area contributed by atoms with Crippen molar-refractivity contribution in [3.8, 4) is 0 Å². The fraction of sp³-hybridized carbons (Fsp3) is 0.500. The summed E-state index contributed by atoms with van der Waals surface area (Å²) in [5, 5.41) is 11.8. The number of halogens is 1. The van der Waals surface area contributed by atoms with E-state index in [-0.39, 0.29) is 17.9 Å². The van der Waals surface area contributed by atoms with E-state index in [1.807, 2.05) is 0 Å². The first-order chi connectivity index (χ1) is 8.56. The van der Waals surface area contributed by atoms with Gasteiger partial charge in [-0.2, -0.15) is 0 Å². The van der Waals surface area contributed by atoms with Crippen molar-refractivity contribution in [2.75, 3.05) is 0 Å². The molecule has 1 saturated carbocycles. The standard InChI is InChI=1S/C12H15IN2O3/c13-8-5-10(14-6-8)11(16)15-9-3-1-7(2-4-9)12(17)18/h5-7,9,14H,1-4H2,(H,15,16)(H,17,18). The topological polar surface area (TPSA) is 82.2 Å². The second-order valence-corrected chi connectivity index (χ2v) is 5.84. The lowest BCUT2D eigenvalue weighted by Gasteiger charge is -2.26. The summed E-state index contributed by atoms with van der Waals surface area (Å²) in [5.74, 6) is -1.08. The fourth-order valence-corrected chi connectivity index (χ4v) is 2.71. The third-order valence-corrected chi connectivity index (χ3v) is 3.93. The Kier molecular flexibility index (Phi) is 4.26. The molecule has 5 nitrogen and oxygen atoms in total. The monoisotopic (exact) mass is 362 g/mol. The van der Waals surface area contributed by atoms with Crippen LogP contribution in [0.2, 0.25) is 0 Å². The van der Waals surface area contributed by atoms with E-state index in [0.717, 1.165) is 16.4 Å². The molecule has 2 rings (SSSR count). The van der Waals surface area contributed by atoms with Crippen molar-refractivity contribution in [2.45, 2.75) is 31.7 Å². The van der Waals surface area contributed by atoms with Crippen molar-refractivity contribution >= 4 is 34.5 Å². The lowest BCUT2D eigenvalue weighted by atomic mass is 9.86. The highest BCUT2D eigenvalue weighted by atomic mass is 127. The van der Waals surface area contributed by atoms with E-state index < -0.39 is 5.97 Å². The van der Waals surface area contributed by atoms with Crippen LogP contribution < -0.4 is 5.32 Å². The average Bonchev–Trinajstić information content (AvgIpc) is 2.76. The van der Waals surface area contributed by atoms with Gasteiger partial charge in [-0.25, -0.2) is 0 Å². The Bertz CT molecular complexity index is 450. The Hall–Kier alpha value is -1.05. The van der Waals surface area contributed by atoms with Crippen molar-refractivity contribution in [3.05, 3.63) is 21.5 Å². The zero-order chi connectivity index (χ0) is 13.1. The van der Waals surface area contributed by atoms with Crippen molar-refractivity contribution in [1.82, 2.24) is 10.3 Å². The summed E-state index contributed by atoms with van der Waals surface area (Å²) in [6.45, 7) is 0. The number of hydrogen-bond donors (Lipinski definition) is 3. The summed E-state index contributed by atoms with van der Waals surface area (Å²) in [4.78, 5) is 25.6. The zero-order valence-corrected chi connectivity index (χ0v) is 11.9. The second kappa shape index (κ2) is 5.73. The number of aliphatic carboxylic acids is 1. The summed E-state index contributed by atoms with van der Waals surface area (Å²) < 4.78 is 0.993. The van der Waals surface area contributed by atoms with Crippen LogP contribution in [0.25, 0.3) is 0 Å².